The number of carbonyl (C=O) groups excluding carboxylic acids is 2. The second-order valence-electron chi connectivity index (χ2n) is 2.34. The molecule has 68 valence electrons. The SMILES string of the molecule is Nc1c(Br)cc(C(=O)C=O)cc1Br. The van der Waals surface area contributed by atoms with Gasteiger partial charge in [0.05, 0.1) is 5.69 Å². The quantitative estimate of drug-likeness (QED) is 0.394. The fraction of sp³-hybridized carbons (Fsp3) is 0. The average molecular weight is 307 g/mol. The van der Waals surface area contributed by atoms with E-state index in [2.05, 4.69) is 31.9 Å². The number of aldehydes is 1. The van der Waals surface area contributed by atoms with Gasteiger partial charge in [-0.1, -0.05) is 0 Å². The Kier molecular flexibility index (Phi) is 3.22. The molecular weight excluding hydrogens is 302 g/mol. The first kappa shape index (κ1) is 10.4. The van der Waals surface area contributed by atoms with E-state index in [-0.39, 0.29) is 6.29 Å². The highest BCUT2D eigenvalue weighted by molar-refractivity contribution is 9.11. The Hall–Kier alpha value is -0.680. The van der Waals surface area contributed by atoms with Crippen LogP contribution in [0.4, 0.5) is 5.69 Å². The van der Waals surface area contributed by atoms with Crippen LogP contribution in [-0.4, -0.2) is 12.1 Å². The standard InChI is InChI=1S/C8H5Br2NO2/c9-5-1-4(7(13)3-12)2-6(10)8(5)11/h1-3H,11H2. The van der Waals surface area contributed by atoms with Gasteiger partial charge in [-0.3, -0.25) is 9.59 Å². The lowest BCUT2D eigenvalue weighted by molar-refractivity contribution is -0.104. The van der Waals surface area contributed by atoms with Gasteiger partial charge < -0.3 is 5.73 Å². The smallest absolute Gasteiger partial charge is 0.225 e. The van der Waals surface area contributed by atoms with Crippen LogP contribution in [0.2, 0.25) is 0 Å². The molecule has 0 heterocycles. The molecule has 0 unspecified atom stereocenters. The molecule has 2 N–H and O–H groups in total. The minimum Gasteiger partial charge on any atom is -0.397 e. The topological polar surface area (TPSA) is 60.2 Å². The van der Waals surface area contributed by atoms with Gasteiger partial charge in [-0.15, -0.1) is 0 Å². The molecule has 1 aromatic carbocycles. The maximum atomic E-state index is 11.0. The molecule has 0 atom stereocenters. The number of carbonyl (C=O) groups is 2. The first-order valence-corrected chi connectivity index (χ1v) is 4.89. The van der Waals surface area contributed by atoms with E-state index >= 15 is 0 Å². The molecular formula is C8H5Br2NO2. The normalized spacial score (nSPS) is 9.69. The zero-order valence-corrected chi connectivity index (χ0v) is 9.55. The van der Waals surface area contributed by atoms with Gasteiger partial charge >= 0.3 is 0 Å². The summed E-state index contributed by atoms with van der Waals surface area (Å²) >= 11 is 6.34. The Balaban J connectivity index is 3.28. The number of anilines is 1. The monoisotopic (exact) mass is 305 g/mol. The Labute approximate surface area is 91.6 Å². The summed E-state index contributed by atoms with van der Waals surface area (Å²) in [5, 5.41) is 0. The summed E-state index contributed by atoms with van der Waals surface area (Å²) in [4.78, 5) is 21.2. The predicted molar refractivity (Wildman–Crippen MR) is 56.6 cm³/mol. The van der Waals surface area contributed by atoms with Gasteiger partial charge in [0.15, 0.2) is 6.29 Å². The number of rotatable bonds is 2. The number of hydrogen-bond donors (Lipinski definition) is 1. The number of halogens is 2. The van der Waals surface area contributed by atoms with Crippen molar-refractivity contribution in [3.05, 3.63) is 26.6 Å². The minimum atomic E-state index is -0.568. The molecule has 0 aliphatic rings. The lowest BCUT2D eigenvalue weighted by Crippen LogP contribution is -2.01. The number of benzene rings is 1. The van der Waals surface area contributed by atoms with Crippen LogP contribution in [0, 0.1) is 0 Å². The minimum absolute atomic E-state index is 0.268. The van der Waals surface area contributed by atoms with Crippen LogP contribution < -0.4 is 5.73 Å². The summed E-state index contributed by atoms with van der Waals surface area (Å²) in [6, 6.07) is 3.02. The van der Waals surface area contributed by atoms with Crippen LogP contribution in [0.25, 0.3) is 0 Å². The molecule has 0 spiro atoms. The van der Waals surface area contributed by atoms with Crippen molar-refractivity contribution in [1.29, 1.82) is 0 Å². The fourth-order valence-electron chi connectivity index (χ4n) is 0.795. The van der Waals surface area contributed by atoms with Gasteiger partial charge in [0.2, 0.25) is 5.78 Å². The first-order chi connectivity index (χ1) is 6.06. The Morgan fingerprint density at radius 3 is 2.15 bits per heavy atom. The molecule has 0 bridgehead atoms. The van der Waals surface area contributed by atoms with Gasteiger partial charge in [-0.25, -0.2) is 0 Å². The predicted octanol–water partition coefficient (Wildman–Crippen LogP) is 2.18. The Morgan fingerprint density at radius 1 is 1.31 bits per heavy atom. The third kappa shape index (κ3) is 2.16. The molecule has 0 amide bonds. The van der Waals surface area contributed by atoms with E-state index in [4.69, 9.17) is 5.73 Å². The summed E-state index contributed by atoms with van der Waals surface area (Å²) in [6.45, 7) is 0. The van der Waals surface area contributed by atoms with Crippen molar-refractivity contribution in [2.24, 2.45) is 0 Å². The van der Waals surface area contributed by atoms with Crippen molar-refractivity contribution in [2.75, 3.05) is 5.73 Å². The van der Waals surface area contributed by atoms with Crippen LogP contribution in [0.5, 0.6) is 0 Å². The van der Waals surface area contributed by atoms with E-state index in [1.807, 2.05) is 0 Å². The van der Waals surface area contributed by atoms with Crippen molar-refractivity contribution in [1.82, 2.24) is 0 Å². The highest BCUT2D eigenvalue weighted by atomic mass is 79.9. The summed E-state index contributed by atoms with van der Waals surface area (Å²) < 4.78 is 1.18. The molecule has 0 aromatic heterocycles. The van der Waals surface area contributed by atoms with Crippen molar-refractivity contribution >= 4 is 49.6 Å². The summed E-state index contributed by atoms with van der Waals surface area (Å²) in [7, 11) is 0. The van der Waals surface area contributed by atoms with Gasteiger partial charge in [0.25, 0.3) is 0 Å². The van der Waals surface area contributed by atoms with Gasteiger partial charge in [0, 0.05) is 14.5 Å². The van der Waals surface area contributed by atoms with Crippen LogP contribution in [-0.2, 0) is 4.79 Å². The number of nitrogens with two attached hydrogens (primary N) is 1. The van der Waals surface area contributed by atoms with Crippen LogP contribution in [0.3, 0.4) is 0 Å². The molecule has 3 nitrogen and oxygen atoms in total. The van der Waals surface area contributed by atoms with E-state index < -0.39 is 5.78 Å². The Morgan fingerprint density at radius 2 is 1.77 bits per heavy atom. The molecule has 0 aliphatic carbocycles. The number of ketones is 1. The Bertz CT molecular complexity index is 353. The molecule has 1 rings (SSSR count). The second-order valence-corrected chi connectivity index (χ2v) is 4.04. The van der Waals surface area contributed by atoms with Crippen LogP contribution >= 0.6 is 31.9 Å². The van der Waals surface area contributed by atoms with Crippen molar-refractivity contribution in [3.63, 3.8) is 0 Å². The van der Waals surface area contributed by atoms with E-state index in [0.29, 0.717) is 20.2 Å². The van der Waals surface area contributed by atoms with E-state index in [1.54, 1.807) is 0 Å². The van der Waals surface area contributed by atoms with E-state index in [9.17, 15) is 9.59 Å². The molecule has 0 saturated heterocycles. The first-order valence-electron chi connectivity index (χ1n) is 3.30. The van der Waals surface area contributed by atoms with E-state index in [0.717, 1.165) is 0 Å². The third-order valence-electron chi connectivity index (χ3n) is 1.47. The largest absolute Gasteiger partial charge is 0.397 e. The number of nitrogen functional groups attached to an aromatic ring is 1. The maximum Gasteiger partial charge on any atom is 0.225 e. The van der Waals surface area contributed by atoms with Crippen LogP contribution in [0.1, 0.15) is 10.4 Å². The lowest BCUT2D eigenvalue weighted by atomic mass is 10.1. The van der Waals surface area contributed by atoms with Crippen molar-refractivity contribution in [3.8, 4) is 0 Å². The van der Waals surface area contributed by atoms with Crippen molar-refractivity contribution < 1.29 is 9.59 Å². The summed E-state index contributed by atoms with van der Waals surface area (Å²) in [6.07, 6.45) is 0.268. The van der Waals surface area contributed by atoms with Gasteiger partial charge in [-0.05, 0) is 44.0 Å². The molecule has 0 radical (unpaired) electrons. The molecule has 1 aromatic rings. The highest BCUT2D eigenvalue weighted by Crippen LogP contribution is 2.29. The van der Waals surface area contributed by atoms with Crippen LogP contribution in [0.15, 0.2) is 21.1 Å². The van der Waals surface area contributed by atoms with Crippen molar-refractivity contribution in [2.45, 2.75) is 0 Å². The summed E-state index contributed by atoms with van der Waals surface area (Å²) in [5.41, 5.74) is 6.41. The maximum absolute atomic E-state index is 11.0. The number of Topliss-reactive ketones (excluding diaryl/α,β-unsaturated/α-hetero) is 1. The fourth-order valence-corrected chi connectivity index (χ4v) is 1.98. The second kappa shape index (κ2) is 4.02. The zero-order valence-electron chi connectivity index (χ0n) is 6.38. The molecule has 0 aliphatic heterocycles. The molecule has 0 fully saturated rings. The average Bonchev–Trinajstić information content (AvgIpc) is 2.12. The zero-order chi connectivity index (χ0) is 10.0. The molecule has 13 heavy (non-hydrogen) atoms. The third-order valence-corrected chi connectivity index (χ3v) is 2.78. The van der Waals surface area contributed by atoms with E-state index in [1.165, 1.54) is 12.1 Å². The molecule has 0 saturated carbocycles. The van der Waals surface area contributed by atoms with Gasteiger partial charge in [-0.2, -0.15) is 0 Å². The number of hydrogen-bond acceptors (Lipinski definition) is 3. The summed E-state index contributed by atoms with van der Waals surface area (Å²) in [5.74, 6) is -0.568. The highest BCUT2D eigenvalue weighted by Gasteiger charge is 2.09. The lowest BCUT2D eigenvalue weighted by Gasteiger charge is -2.03. The van der Waals surface area contributed by atoms with Gasteiger partial charge in [0.1, 0.15) is 0 Å². The molecule has 5 heteroatoms.